The first-order valence-electron chi connectivity index (χ1n) is 7.95. The van der Waals surface area contributed by atoms with Crippen LogP contribution < -0.4 is 0 Å². The Morgan fingerprint density at radius 1 is 0.759 bits per heavy atom. The lowest BCUT2D eigenvalue weighted by molar-refractivity contribution is 0.0251. The van der Waals surface area contributed by atoms with Crippen molar-refractivity contribution in [1.29, 1.82) is 0 Å². The Morgan fingerprint density at radius 3 is 1.62 bits per heavy atom. The fourth-order valence-electron chi connectivity index (χ4n) is 3.35. The highest BCUT2D eigenvalue weighted by atomic mass is 79.9. The number of ether oxygens (including phenoxy) is 1. The quantitative estimate of drug-likeness (QED) is 0.253. The number of hydrogen-bond acceptors (Lipinski definition) is 4. The molecule has 0 saturated heterocycles. The van der Waals surface area contributed by atoms with Crippen molar-refractivity contribution in [3.05, 3.63) is 88.7 Å². The Balaban J connectivity index is 0.00000240. The number of rotatable bonds is 2. The fraction of sp³-hybridized carbons (Fsp3) is 0.0500. The molecule has 0 bridgehead atoms. The normalized spacial score (nSPS) is 14.1. The first-order chi connectivity index (χ1) is 13.3. The van der Waals surface area contributed by atoms with Gasteiger partial charge in [-0.1, -0.05) is 18.2 Å². The summed E-state index contributed by atoms with van der Waals surface area (Å²) >= 11 is 13.4. The fourth-order valence-corrected chi connectivity index (χ4v) is 5.72. The van der Waals surface area contributed by atoms with E-state index < -0.39 is 11.6 Å². The van der Waals surface area contributed by atoms with Crippen LogP contribution in [0.4, 0.5) is 0 Å². The van der Waals surface area contributed by atoms with Crippen molar-refractivity contribution in [2.24, 2.45) is 0 Å². The predicted octanol–water partition coefficient (Wildman–Crippen LogP) is 6.23. The Kier molecular flexibility index (Phi) is 6.36. The third kappa shape index (κ3) is 3.50. The van der Waals surface area contributed by atoms with Crippen LogP contribution in [0.1, 0.15) is 27.0 Å². The third-order valence-electron chi connectivity index (χ3n) is 4.62. The molecule has 3 aromatic carbocycles. The SMILES string of the molecule is O=C1OC(c2cc(Br)c(O)c(Br)c2)(c2cc(Br)c(O)c(Br)c2)c2ccccc21.[Si]. The van der Waals surface area contributed by atoms with Crippen LogP contribution in [0.5, 0.6) is 11.5 Å². The molecule has 0 amide bonds. The highest BCUT2D eigenvalue weighted by Gasteiger charge is 2.49. The molecule has 4 radical (unpaired) electrons. The molecule has 146 valence electrons. The molecular weight excluding hydrogens is 652 g/mol. The minimum absolute atomic E-state index is 0. The minimum Gasteiger partial charge on any atom is -0.506 e. The number of hydrogen-bond donors (Lipinski definition) is 2. The summed E-state index contributed by atoms with van der Waals surface area (Å²) in [5.41, 5.74) is 1.14. The van der Waals surface area contributed by atoms with Crippen LogP contribution in [0.2, 0.25) is 0 Å². The van der Waals surface area contributed by atoms with Crippen molar-refractivity contribution in [1.82, 2.24) is 0 Å². The molecular formula is C20H10Br4O4Si. The molecule has 0 aromatic heterocycles. The van der Waals surface area contributed by atoms with Gasteiger partial charge in [0, 0.05) is 27.7 Å². The van der Waals surface area contributed by atoms with Gasteiger partial charge in [-0.15, -0.1) is 0 Å². The first-order valence-corrected chi connectivity index (χ1v) is 11.1. The molecule has 0 unspecified atom stereocenters. The van der Waals surface area contributed by atoms with Crippen LogP contribution in [0.3, 0.4) is 0 Å². The van der Waals surface area contributed by atoms with Gasteiger partial charge in [0.25, 0.3) is 0 Å². The molecule has 2 N–H and O–H groups in total. The molecule has 0 aliphatic carbocycles. The van der Waals surface area contributed by atoms with E-state index in [0.29, 0.717) is 40.1 Å². The number of carbonyl (C=O) groups is 1. The van der Waals surface area contributed by atoms with E-state index in [-0.39, 0.29) is 22.5 Å². The van der Waals surface area contributed by atoms with Gasteiger partial charge in [-0.25, -0.2) is 4.79 Å². The summed E-state index contributed by atoms with van der Waals surface area (Å²) in [6.07, 6.45) is 0. The van der Waals surface area contributed by atoms with Crippen molar-refractivity contribution in [2.75, 3.05) is 0 Å². The lowest BCUT2D eigenvalue weighted by atomic mass is 9.80. The van der Waals surface area contributed by atoms with Crippen LogP contribution in [0, 0.1) is 0 Å². The van der Waals surface area contributed by atoms with Gasteiger partial charge in [0.1, 0.15) is 11.5 Å². The van der Waals surface area contributed by atoms with E-state index in [1.807, 2.05) is 12.1 Å². The second kappa shape index (κ2) is 8.18. The number of benzene rings is 3. The second-order valence-electron chi connectivity index (χ2n) is 6.19. The maximum absolute atomic E-state index is 12.7. The summed E-state index contributed by atoms with van der Waals surface area (Å²) in [5.74, 6) is -0.356. The average molecular weight is 662 g/mol. The average Bonchev–Trinajstić information content (AvgIpc) is 2.97. The van der Waals surface area contributed by atoms with E-state index >= 15 is 0 Å². The number of phenols is 2. The van der Waals surface area contributed by atoms with E-state index in [9.17, 15) is 15.0 Å². The Morgan fingerprint density at radius 2 is 1.17 bits per heavy atom. The highest BCUT2D eigenvalue weighted by molar-refractivity contribution is 9.11. The van der Waals surface area contributed by atoms with Crippen molar-refractivity contribution >= 4 is 80.7 Å². The smallest absolute Gasteiger partial charge is 0.340 e. The summed E-state index contributed by atoms with van der Waals surface area (Å²) in [6.45, 7) is 0. The molecule has 1 heterocycles. The zero-order valence-electron chi connectivity index (χ0n) is 14.3. The molecule has 0 saturated carbocycles. The number of esters is 1. The van der Waals surface area contributed by atoms with E-state index in [1.54, 1.807) is 36.4 Å². The van der Waals surface area contributed by atoms with E-state index in [1.165, 1.54) is 0 Å². The van der Waals surface area contributed by atoms with Crippen LogP contribution >= 0.6 is 63.7 Å². The Labute approximate surface area is 204 Å². The lowest BCUT2D eigenvalue weighted by Gasteiger charge is -2.31. The molecule has 4 nitrogen and oxygen atoms in total. The van der Waals surface area contributed by atoms with Crippen LogP contribution in [-0.4, -0.2) is 27.1 Å². The van der Waals surface area contributed by atoms with Gasteiger partial charge in [-0.3, -0.25) is 0 Å². The summed E-state index contributed by atoms with van der Waals surface area (Å²) < 4.78 is 7.82. The number of aromatic hydroxyl groups is 2. The summed E-state index contributed by atoms with van der Waals surface area (Å²) in [7, 11) is 0. The number of carbonyl (C=O) groups excluding carboxylic acids is 1. The Hall–Kier alpha value is -1.13. The number of phenolic OH excluding ortho intramolecular Hbond substituents is 2. The number of halogens is 4. The lowest BCUT2D eigenvalue weighted by Crippen LogP contribution is -2.29. The molecule has 1 aliphatic heterocycles. The minimum atomic E-state index is -1.26. The van der Waals surface area contributed by atoms with Gasteiger partial charge in [0.15, 0.2) is 5.60 Å². The van der Waals surface area contributed by atoms with Crippen LogP contribution in [0.25, 0.3) is 0 Å². The van der Waals surface area contributed by atoms with Gasteiger partial charge < -0.3 is 14.9 Å². The van der Waals surface area contributed by atoms with Crippen molar-refractivity contribution < 1.29 is 19.7 Å². The van der Waals surface area contributed by atoms with E-state index in [4.69, 9.17) is 4.74 Å². The monoisotopic (exact) mass is 658 g/mol. The van der Waals surface area contributed by atoms with Gasteiger partial charge in [-0.2, -0.15) is 0 Å². The topological polar surface area (TPSA) is 66.8 Å². The molecule has 29 heavy (non-hydrogen) atoms. The third-order valence-corrected chi connectivity index (χ3v) is 7.04. The van der Waals surface area contributed by atoms with Crippen LogP contribution in [-0.2, 0) is 10.3 Å². The molecule has 3 aromatic rings. The zero-order valence-corrected chi connectivity index (χ0v) is 21.7. The second-order valence-corrected chi connectivity index (χ2v) is 9.61. The number of fused-ring (bicyclic) bond motifs is 1. The first kappa shape index (κ1) is 22.5. The molecule has 4 rings (SSSR count). The van der Waals surface area contributed by atoms with E-state index in [2.05, 4.69) is 63.7 Å². The zero-order chi connectivity index (χ0) is 20.2. The van der Waals surface area contributed by atoms with Crippen molar-refractivity contribution in [2.45, 2.75) is 5.60 Å². The molecule has 1 aliphatic rings. The largest absolute Gasteiger partial charge is 0.506 e. The molecule has 9 heteroatoms. The van der Waals surface area contributed by atoms with Crippen molar-refractivity contribution in [3.8, 4) is 11.5 Å². The summed E-state index contributed by atoms with van der Waals surface area (Å²) in [4.78, 5) is 12.7. The standard InChI is InChI=1S/C20H10Br4O4.Si/c21-13-5-9(6-14(22)17(13)25)20(10-7-15(23)18(26)16(24)8-10)12-4-2-1-3-11(12)19(27)28-20;/h1-8,25-26H;. The van der Waals surface area contributed by atoms with Gasteiger partial charge in [-0.05, 0) is 94.1 Å². The predicted molar refractivity (Wildman–Crippen MR) is 125 cm³/mol. The van der Waals surface area contributed by atoms with Gasteiger partial charge in [0.2, 0.25) is 0 Å². The number of cyclic esters (lactones) is 1. The summed E-state index contributed by atoms with van der Waals surface area (Å²) in [6, 6.07) is 14.0. The Bertz CT molecular complexity index is 1050. The van der Waals surface area contributed by atoms with Crippen molar-refractivity contribution in [3.63, 3.8) is 0 Å². The van der Waals surface area contributed by atoms with E-state index in [0.717, 1.165) is 0 Å². The molecule has 0 spiro atoms. The maximum atomic E-state index is 12.7. The highest BCUT2D eigenvalue weighted by Crippen LogP contribution is 2.51. The molecule has 0 fully saturated rings. The maximum Gasteiger partial charge on any atom is 0.340 e. The van der Waals surface area contributed by atoms with Crippen LogP contribution in [0.15, 0.2) is 66.4 Å². The van der Waals surface area contributed by atoms with Gasteiger partial charge >= 0.3 is 5.97 Å². The summed E-state index contributed by atoms with van der Waals surface area (Å²) in [5, 5.41) is 20.3. The van der Waals surface area contributed by atoms with Gasteiger partial charge in [0.05, 0.1) is 23.5 Å². The molecule has 0 atom stereocenters.